The molecule has 0 saturated heterocycles. The van der Waals surface area contributed by atoms with Gasteiger partial charge in [-0.15, -0.1) is 11.8 Å². The standard InChI is InChI=1S/C26H21NO3S/c1-30-23-12-8-19(9-13-23)25(28)17-31-24-14-10-22(11-15-24)27-26(29)21-7-6-18-4-2-3-5-20(18)16-21/h2-16H,17H2,1H3,(H,27,29). The van der Waals surface area contributed by atoms with Crippen LogP contribution < -0.4 is 10.1 Å². The molecule has 0 aromatic heterocycles. The molecule has 0 unspecified atom stereocenters. The van der Waals surface area contributed by atoms with E-state index in [1.165, 1.54) is 11.8 Å². The van der Waals surface area contributed by atoms with E-state index in [9.17, 15) is 9.59 Å². The third-order valence-corrected chi connectivity index (χ3v) is 5.92. The molecule has 4 aromatic rings. The summed E-state index contributed by atoms with van der Waals surface area (Å²) < 4.78 is 5.12. The van der Waals surface area contributed by atoms with E-state index in [-0.39, 0.29) is 11.7 Å². The summed E-state index contributed by atoms with van der Waals surface area (Å²) >= 11 is 1.47. The summed E-state index contributed by atoms with van der Waals surface area (Å²) in [4.78, 5) is 25.9. The smallest absolute Gasteiger partial charge is 0.255 e. The van der Waals surface area contributed by atoms with E-state index in [2.05, 4.69) is 5.32 Å². The van der Waals surface area contributed by atoms with Crippen molar-refractivity contribution >= 4 is 39.9 Å². The van der Waals surface area contributed by atoms with Crippen LogP contribution in [-0.4, -0.2) is 24.6 Å². The molecule has 0 bridgehead atoms. The van der Waals surface area contributed by atoms with Crippen LogP contribution in [0.3, 0.4) is 0 Å². The average molecular weight is 428 g/mol. The molecular formula is C26H21NO3S. The summed E-state index contributed by atoms with van der Waals surface area (Å²) in [6, 6.07) is 28.2. The van der Waals surface area contributed by atoms with Gasteiger partial charge in [-0.25, -0.2) is 0 Å². The van der Waals surface area contributed by atoms with Gasteiger partial charge in [0.25, 0.3) is 5.91 Å². The molecular weight excluding hydrogens is 406 g/mol. The van der Waals surface area contributed by atoms with E-state index in [0.29, 0.717) is 22.6 Å². The minimum Gasteiger partial charge on any atom is -0.497 e. The number of hydrogen-bond donors (Lipinski definition) is 1. The molecule has 0 aliphatic rings. The van der Waals surface area contributed by atoms with Gasteiger partial charge in [0.15, 0.2) is 5.78 Å². The lowest BCUT2D eigenvalue weighted by Gasteiger charge is -2.08. The first-order chi connectivity index (χ1) is 15.1. The number of carbonyl (C=O) groups is 2. The normalized spacial score (nSPS) is 10.6. The van der Waals surface area contributed by atoms with E-state index in [4.69, 9.17) is 4.74 Å². The molecule has 0 radical (unpaired) electrons. The summed E-state index contributed by atoms with van der Waals surface area (Å²) in [5.41, 5.74) is 1.98. The molecule has 0 aliphatic heterocycles. The molecule has 4 aromatic carbocycles. The first-order valence-electron chi connectivity index (χ1n) is 9.83. The highest BCUT2D eigenvalue weighted by molar-refractivity contribution is 8.00. The summed E-state index contributed by atoms with van der Waals surface area (Å²) in [5.74, 6) is 0.975. The Bertz CT molecular complexity index is 1220. The van der Waals surface area contributed by atoms with Crippen LogP contribution in [0.15, 0.2) is 95.9 Å². The van der Waals surface area contributed by atoms with Gasteiger partial charge in [-0.3, -0.25) is 9.59 Å². The highest BCUT2D eigenvalue weighted by atomic mass is 32.2. The first-order valence-corrected chi connectivity index (χ1v) is 10.8. The molecule has 5 heteroatoms. The molecule has 4 nitrogen and oxygen atoms in total. The summed E-state index contributed by atoms with van der Waals surface area (Å²) in [6.07, 6.45) is 0. The number of nitrogens with one attached hydrogen (secondary N) is 1. The number of ether oxygens (including phenoxy) is 1. The van der Waals surface area contributed by atoms with Gasteiger partial charge in [-0.2, -0.15) is 0 Å². The van der Waals surface area contributed by atoms with Gasteiger partial charge >= 0.3 is 0 Å². The molecule has 0 fully saturated rings. The second-order valence-corrected chi connectivity index (χ2v) is 8.03. The maximum Gasteiger partial charge on any atom is 0.255 e. The predicted octanol–water partition coefficient (Wildman–Crippen LogP) is 6.08. The Morgan fingerprint density at radius 3 is 2.19 bits per heavy atom. The number of thioether (sulfide) groups is 1. The lowest BCUT2D eigenvalue weighted by atomic mass is 10.1. The second-order valence-electron chi connectivity index (χ2n) is 6.98. The van der Waals surface area contributed by atoms with E-state index in [1.54, 1.807) is 31.4 Å². The summed E-state index contributed by atoms with van der Waals surface area (Å²) in [7, 11) is 1.60. The van der Waals surface area contributed by atoms with Crippen LogP contribution in [0.2, 0.25) is 0 Å². The Hall–Kier alpha value is -3.57. The zero-order valence-electron chi connectivity index (χ0n) is 17.0. The molecule has 31 heavy (non-hydrogen) atoms. The van der Waals surface area contributed by atoms with Crippen molar-refractivity contribution in [2.45, 2.75) is 4.90 Å². The minimum atomic E-state index is -0.152. The number of Topliss-reactive ketones (excluding diaryl/α,β-unsaturated/α-hetero) is 1. The number of benzene rings is 4. The fourth-order valence-corrected chi connectivity index (χ4v) is 3.97. The van der Waals surface area contributed by atoms with Crippen molar-refractivity contribution < 1.29 is 14.3 Å². The lowest BCUT2D eigenvalue weighted by Crippen LogP contribution is -2.11. The molecule has 0 heterocycles. The molecule has 0 spiro atoms. The van der Waals surface area contributed by atoms with Crippen molar-refractivity contribution in [3.63, 3.8) is 0 Å². The average Bonchev–Trinajstić information content (AvgIpc) is 2.83. The van der Waals surface area contributed by atoms with Gasteiger partial charge in [-0.05, 0) is 71.4 Å². The molecule has 0 saturated carbocycles. The number of anilines is 1. The van der Waals surface area contributed by atoms with Gasteiger partial charge in [0.2, 0.25) is 0 Å². The van der Waals surface area contributed by atoms with Crippen LogP contribution in [0.1, 0.15) is 20.7 Å². The van der Waals surface area contributed by atoms with Gasteiger partial charge in [0.05, 0.1) is 12.9 Å². The predicted molar refractivity (Wildman–Crippen MR) is 126 cm³/mol. The quantitative estimate of drug-likeness (QED) is 0.287. The van der Waals surface area contributed by atoms with E-state index in [1.807, 2.05) is 66.7 Å². The van der Waals surface area contributed by atoms with Crippen LogP contribution in [0.25, 0.3) is 10.8 Å². The second kappa shape index (κ2) is 9.49. The minimum absolute atomic E-state index is 0.0568. The number of carbonyl (C=O) groups excluding carboxylic acids is 2. The van der Waals surface area contributed by atoms with Crippen LogP contribution in [0, 0.1) is 0 Å². The van der Waals surface area contributed by atoms with Crippen molar-refractivity contribution in [2.75, 3.05) is 18.2 Å². The Morgan fingerprint density at radius 2 is 1.48 bits per heavy atom. The molecule has 4 rings (SSSR count). The number of amides is 1. The van der Waals surface area contributed by atoms with Crippen molar-refractivity contribution in [1.82, 2.24) is 0 Å². The molecule has 1 amide bonds. The van der Waals surface area contributed by atoms with Gasteiger partial charge in [-0.1, -0.05) is 30.3 Å². The Kier molecular flexibility index (Phi) is 6.34. The Balaban J connectivity index is 1.35. The Morgan fingerprint density at radius 1 is 0.806 bits per heavy atom. The van der Waals surface area contributed by atoms with Crippen molar-refractivity contribution in [3.05, 3.63) is 102 Å². The topological polar surface area (TPSA) is 55.4 Å². The SMILES string of the molecule is COc1ccc(C(=O)CSc2ccc(NC(=O)c3ccc4ccccc4c3)cc2)cc1. The third-order valence-electron chi connectivity index (χ3n) is 4.91. The first kappa shape index (κ1) is 20.7. The number of fused-ring (bicyclic) bond motifs is 1. The number of methoxy groups -OCH3 is 1. The van der Waals surface area contributed by atoms with E-state index >= 15 is 0 Å². The van der Waals surface area contributed by atoms with Crippen LogP contribution >= 0.6 is 11.8 Å². The molecule has 0 atom stereocenters. The van der Waals surface area contributed by atoms with Gasteiger partial charge < -0.3 is 10.1 Å². The largest absolute Gasteiger partial charge is 0.497 e. The maximum absolute atomic E-state index is 12.6. The molecule has 0 aliphatic carbocycles. The van der Waals surface area contributed by atoms with Gasteiger partial charge in [0.1, 0.15) is 5.75 Å². The summed E-state index contributed by atoms with van der Waals surface area (Å²) in [5, 5.41) is 5.06. The van der Waals surface area contributed by atoms with Crippen molar-refractivity contribution in [1.29, 1.82) is 0 Å². The maximum atomic E-state index is 12.6. The Labute approximate surface area is 185 Å². The van der Waals surface area contributed by atoms with Crippen LogP contribution in [0.5, 0.6) is 5.75 Å². The highest BCUT2D eigenvalue weighted by Gasteiger charge is 2.09. The van der Waals surface area contributed by atoms with Crippen molar-refractivity contribution in [2.24, 2.45) is 0 Å². The van der Waals surface area contributed by atoms with Gasteiger partial charge in [0, 0.05) is 21.7 Å². The molecule has 154 valence electrons. The van der Waals surface area contributed by atoms with Crippen molar-refractivity contribution in [3.8, 4) is 5.75 Å². The number of hydrogen-bond acceptors (Lipinski definition) is 4. The summed E-state index contributed by atoms with van der Waals surface area (Å²) in [6.45, 7) is 0. The number of ketones is 1. The van der Waals surface area contributed by atoms with E-state index < -0.39 is 0 Å². The zero-order chi connectivity index (χ0) is 21.6. The fourth-order valence-electron chi connectivity index (χ4n) is 3.18. The third kappa shape index (κ3) is 5.13. The van der Waals surface area contributed by atoms with Crippen LogP contribution in [-0.2, 0) is 0 Å². The fraction of sp³-hybridized carbons (Fsp3) is 0.0769. The van der Waals surface area contributed by atoms with E-state index in [0.717, 1.165) is 21.4 Å². The zero-order valence-corrected chi connectivity index (χ0v) is 17.8. The monoisotopic (exact) mass is 427 g/mol. The van der Waals surface area contributed by atoms with Crippen LogP contribution in [0.4, 0.5) is 5.69 Å². The molecule has 1 N–H and O–H groups in total. The number of rotatable bonds is 7. The lowest BCUT2D eigenvalue weighted by molar-refractivity contribution is 0.101. The highest BCUT2D eigenvalue weighted by Crippen LogP contribution is 2.23.